The molecule has 5 aromatic rings. The number of phenolic OH excluding ortho intramolecular Hbond substituents is 1. The standard InChI is InChI=1S/C58H60F2N10O12/c1-3-39-44(59)9-4-33-22-38(71)24-42(48(33)39)50-49(60)51-43(26-62-50)52(68-28-35-5-6-36(29-68)63-35)67-56(66-51)82-31-58-14-12-37(69(58)27-32(2)25-58)30-81-57(77)61-15-17-79-19-21-80-20-18-78-16-13-47(73)64-34-7-8-40-41(23-34)55(76)70(54(40)75)45-10-11-46(72)65-53(45)74/h1,4,7-9,22-24,26,35-37,45,63,71H,2,5-6,10-21,25,27-31H2,(H,61,77)(H,64,73)(H,65,72,74)/t35?,36?,37-,45?,58-/m0/s1. The smallest absolute Gasteiger partial charge is 0.407 e. The summed E-state index contributed by atoms with van der Waals surface area (Å²) in [4.78, 5) is 94.7. The van der Waals surface area contributed by atoms with Gasteiger partial charge in [-0.05, 0) is 80.3 Å². The van der Waals surface area contributed by atoms with Crippen molar-refractivity contribution in [1.29, 1.82) is 0 Å². The minimum absolute atomic E-state index is 0.00683. The molecule has 5 fully saturated rings. The maximum Gasteiger partial charge on any atom is 0.407 e. The Labute approximate surface area is 469 Å². The summed E-state index contributed by atoms with van der Waals surface area (Å²) in [6.07, 6.45) is 10.8. The molecule has 0 radical (unpaired) electrons. The van der Waals surface area contributed by atoms with Crippen LogP contribution in [0.1, 0.15) is 77.6 Å². The maximum atomic E-state index is 17.2. The van der Waals surface area contributed by atoms with Crippen molar-refractivity contribution in [2.45, 2.75) is 81.1 Å². The monoisotopic (exact) mass is 1130 g/mol. The minimum atomic E-state index is -1.09. The summed E-state index contributed by atoms with van der Waals surface area (Å²) in [6.45, 7) is 7.87. The molecule has 2 bridgehead atoms. The van der Waals surface area contributed by atoms with Gasteiger partial charge in [0.05, 0.1) is 73.7 Å². The molecule has 6 aliphatic heterocycles. The number of halogens is 2. The first kappa shape index (κ1) is 55.7. The highest BCUT2D eigenvalue weighted by Gasteiger charge is 2.52. The Kier molecular flexibility index (Phi) is 16.1. The molecule has 8 heterocycles. The second kappa shape index (κ2) is 23.7. The van der Waals surface area contributed by atoms with Gasteiger partial charge in [-0.3, -0.25) is 44.1 Å². The fourth-order valence-corrected chi connectivity index (χ4v) is 12.1. The minimum Gasteiger partial charge on any atom is -0.508 e. The lowest BCUT2D eigenvalue weighted by Crippen LogP contribution is -2.54. The Morgan fingerprint density at radius 1 is 0.902 bits per heavy atom. The molecule has 6 aliphatic rings. The molecule has 3 unspecified atom stereocenters. The first-order chi connectivity index (χ1) is 39.7. The number of hydrogen-bond donors (Lipinski definition) is 5. The zero-order chi connectivity index (χ0) is 57.2. The number of piperazine rings is 1. The number of phenols is 1. The number of ether oxygens (including phenoxy) is 5. The SMILES string of the molecule is C#Cc1c(F)ccc2cc(O)cc(-c3ncc4c(N5CC6CCC(C5)N6)nc(OC[C@@]56CC[C@@H](COC(=O)NCCOCCOCCOCCC(=O)Nc7ccc8c(c7)C(=O)N(C7CCC(=O)NC7=O)C8=O)N5CC(=C)C6)nc4c3F)c12. The van der Waals surface area contributed by atoms with Crippen LogP contribution in [0, 0.1) is 24.0 Å². The molecule has 0 saturated carbocycles. The summed E-state index contributed by atoms with van der Waals surface area (Å²) >= 11 is 0. The molecule has 5 N–H and O–H groups in total. The molecule has 2 aromatic heterocycles. The van der Waals surface area contributed by atoms with Crippen LogP contribution >= 0.6 is 0 Å². The van der Waals surface area contributed by atoms with Crippen molar-refractivity contribution in [3.8, 4) is 35.4 Å². The molecule has 0 spiro atoms. The number of fused-ring (bicyclic) bond motifs is 6. The van der Waals surface area contributed by atoms with Gasteiger partial charge in [-0.15, -0.1) is 6.42 Å². The van der Waals surface area contributed by atoms with Gasteiger partial charge in [-0.2, -0.15) is 9.97 Å². The zero-order valence-electron chi connectivity index (χ0n) is 44.7. The number of piperidine rings is 1. The number of carbonyl (C=O) groups is 6. The van der Waals surface area contributed by atoms with Crippen molar-refractivity contribution in [3.63, 3.8) is 0 Å². The van der Waals surface area contributed by atoms with Crippen LogP contribution in [0.3, 0.4) is 0 Å². The van der Waals surface area contributed by atoms with Crippen LogP contribution in [0.5, 0.6) is 11.8 Å². The summed E-state index contributed by atoms with van der Waals surface area (Å²) in [5, 5.41) is 22.9. The van der Waals surface area contributed by atoms with E-state index in [0.29, 0.717) is 61.2 Å². The number of nitrogens with one attached hydrogen (secondary N) is 4. The van der Waals surface area contributed by atoms with Crippen LogP contribution in [0.2, 0.25) is 0 Å². The number of alkyl carbamates (subject to hydrolysis) is 1. The highest BCUT2D eigenvalue weighted by atomic mass is 19.1. The van der Waals surface area contributed by atoms with Gasteiger partial charge >= 0.3 is 12.1 Å². The van der Waals surface area contributed by atoms with Crippen LogP contribution < -0.4 is 30.9 Å². The predicted molar refractivity (Wildman–Crippen MR) is 292 cm³/mol. The predicted octanol–water partition coefficient (Wildman–Crippen LogP) is 4.50. The van der Waals surface area contributed by atoms with Gasteiger partial charge in [-0.1, -0.05) is 24.1 Å². The fourth-order valence-electron chi connectivity index (χ4n) is 12.1. The van der Waals surface area contributed by atoms with Crippen LogP contribution in [-0.2, 0) is 33.3 Å². The van der Waals surface area contributed by atoms with E-state index in [0.717, 1.165) is 23.3 Å². The Morgan fingerprint density at radius 2 is 1.66 bits per heavy atom. The summed E-state index contributed by atoms with van der Waals surface area (Å²) in [5.41, 5.74) is 0.721. The molecule has 24 heteroatoms. The van der Waals surface area contributed by atoms with E-state index in [1.807, 2.05) is 0 Å². The van der Waals surface area contributed by atoms with Crippen molar-refractivity contribution in [3.05, 3.63) is 89.1 Å². The summed E-state index contributed by atoms with van der Waals surface area (Å²) in [5.74, 6) is -1.67. The number of imide groups is 2. The first-order valence-corrected chi connectivity index (χ1v) is 27.3. The van der Waals surface area contributed by atoms with E-state index < -0.39 is 52.9 Å². The van der Waals surface area contributed by atoms with Gasteiger partial charge in [0.2, 0.25) is 17.7 Å². The Hall–Kier alpha value is -8.21. The average molecular weight is 1130 g/mol. The van der Waals surface area contributed by atoms with E-state index in [1.165, 1.54) is 48.7 Å². The Balaban J connectivity index is 0.612. The van der Waals surface area contributed by atoms with Gasteiger partial charge < -0.3 is 49.6 Å². The molecular weight excluding hydrogens is 1070 g/mol. The number of pyridine rings is 1. The number of hydrogen-bond acceptors (Lipinski definition) is 18. The van der Waals surface area contributed by atoms with Crippen molar-refractivity contribution in [1.82, 2.24) is 40.7 Å². The average Bonchev–Trinajstić information content (AvgIpc) is 4.29. The summed E-state index contributed by atoms with van der Waals surface area (Å²) < 4.78 is 61.1. The van der Waals surface area contributed by atoms with Crippen molar-refractivity contribution < 1.29 is 66.3 Å². The van der Waals surface area contributed by atoms with E-state index >= 15 is 8.78 Å². The number of benzene rings is 3. The molecule has 3 aromatic carbocycles. The van der Waals surface area contributed by atoms with Crippen molar-refractivity contribution in [2.75, 3.05) is 89.3 Å². The van der Waals surface area contributed by atoms with Crippen molar-refractivity contribution in [2.24, 2.45) is 0 Å². The number of nitrogens with zero attached hydrogens (tertiary/aromatic N) is 6. The molecule has 82 heavy (non-hydrogen) atoms. The Bertz CT molecular complexity index is 3460. The number of amides is 6. The number of aromatic nitrogens is 3. The third-order valence-electron chi connectivity index (χ3n) is 15.9. The van der Waals surface area contributed by atoms with Gasteiger partial charge in [0, 0.05) is 73.6 Å². The van der Waals surface area contributed by atoms with Gasteiger partial charge in [0.1, 0.15) is 47.9 Å². The summed E-state index contributed by atoms with van der Waals surface area (Å²) in [7, 11) is 0. The normalized spacial score (nSPS) is 22.2. The quantitative estimate of drug-likeness (QED) is 0.0293. The topological polar surface area (TPSA) is 265 Å². The number of anilines is 2. The second-order valence-corrected chi connectivity index (χ2v) is 21.3. The maximum absolute atomic E-state index is 17.2. The number of carbonyl (C=O) groups excluding carboxylic acids is 6. The number of aromatic hydroxyl groups is 1. The van der Waals surface area contributed by atoms with E-state index in [4.69, 9.17) is 35.1 Å². The largest absolute Gasteiger partial charge is 0.508 e. The molecule has 428 valence electrons. The molecular formula is C58H60F2N10O12. The van der Waals surface area contributed by atoms with E-state index in [1.54, 1.807) is 0 Å². The number of terminal acetylenes is 1. The molecule has 22 nitrogen and oxygen atoms in total. The van der Waals surface area contributed by atoms with Gasteiger partial charge in [0.25, 0.3) is 11.8 Å². The highest BCUT2D eigenvalue weighted by Crippen LogP contribution is 2.45. The Morgan fingerprint density at radius 3 is 2.43 bits per heavy atom. The van der Waals surface area contributed by atoms with Crippen LogP contribution in [0.25, 0.3) is 32.9 Å². The van der Waals surface area contributed by atoms with Crippen molar-refractivity contribution >= 4 is 68.8 Å². The molecule has 11 rings (SSSR count). The van der Waals surface area contributed by atoms with Crippen LogP contribution in [0.4, 0.5) is 25.1 Å². The third-order valence-corrected chi connectivity index (χ3v) is 15.9. The highest BCUT2D eigenvalue weighted by molar-refractivity contribution is 6.24. The van der Waals surface area contributed by atoms with Crippen LogP contribution in [0.15, 0.2) is 60.8 Å². The number of rotatable bonds is 21. The zero-order valence-corrected chi connectivity index (χ0v) is 44.7. The van der Waals surface area contributed by atoms with E-state index in [-0.39, 0.29) is 153 Å². The summed E-state index contributed by atoms with van der Waals surface area (Å²) in [6, 6.07) is 8.90. The van der Waals surface area contributed by atoms with Gasteiger partial charge in [-0.25, -0.2) is 13.6 Å². The molecule has 0 aliphatic carbocycles. The first-order valence-electron chi connectivity index (χ1n) is 27.3. The molecule has 5 atom stereocenters. The van der Waals surface area contributed by atoms with Crippen LogP contribution in [-0.4, -0.2) is 174 Å². The van der Waals surface area contributed by atoms with Gasteiger partial charge in [0.15, 0.2) is 5.82 Å². The lowest BCUT2D eigenvalue weighted by Gasteiger charge is -2.35. The lowest BCUT2D eigenvalue weighted by molar-refractivity contribution is -0.136. The van der Waals surface area contributed by atoms with E-state index in [2.05, 4.69) is 53.5 Å². The van der Waals surface area contributed by atoms with E-state index in [9.17, 15) is 33.9 Å². The molecule has 5 saturated heterocycles. The molecule has 6 amide bonds. The second-order valence-electron chi connectivity index (χ2n) is 21.3. The fraction of sp³-hybridized carbons (Fsp3) is 0.431. The third kappa shape index (κ3) is 11.4. The lowest BCUT2D eigenvalue weighted by atomic mass is 9.94.